The SMILES string of the molecule is Cc1cc(Cl)cc(C(Br)c2cc(C)c(Cl)cc2C)c1. The molecule has 1 atom stereocenters. The number of hydrogen-bond donors (Lipinski definition) is 0. The van der Waals surface area contributed by atoms with Crippen molar-refractivity contribution in [3.8, 4) is 0 Å². The molecule has 0 bridgehead atoms. The number of halogens is 3. The number of rotatable bonds is 2. The number of benzene rings is 2. The van der Waals surface area contributed by atoms with Gasteiger partial charge in [-0.05, 0) is 66.8 Å². The summed E-state index contributed by atoms with van der Waals surface area (Å²) in [6.07, 6.45) is 0. The van der Waals surface area contributed by atoms with Gasteiger partial charge < -0.3 is 0 Å². The predicted octanol–water partition coefficient (Wildman–Crippen LogP) is 6.40. The molecule has 19 heavy (non-hydrogen) atoms. The highest BCUT2D eigenvalue weighted by atomic mass is 79.9. The lowest BCUT2D eigenvalue weighted by Crippen LogP contribution is -1.98. The topological polar surface area (TPSA) is 0 Å². The van der Waals surface area contributed by atoms with Crippen LogP contribution in [-0.2, 0) is 0 Å². The highest BCUT2D eigenvalue weighted by molar-refractivity contribution is 9.09. The van der Waals surface area contributed by atoms with Gasteiger partial charge in [0.25, 0.3) is 0 Å². The molecule has 0 aromatic heterocycles. The van der Waals surface area contributed by atoms with E-state index in [-0.39, 0.29) is 4.83 Å². The van der Waals surface area contributed by atoms with Crippen molar-refractivity contribution < 1.29 is 0 Å². The van der Waals surface area contributed by atoms with Gasteiger partial charge in [-0.2, -0.15) is 0 Å². The summed E-state index contributed by atoms with van der Waals surface area (Å²) >= 11 is 16.1. The summed E-state index contributed by atoms with van der Waals surface area (Å²) in [5.41, 5.74) is 5.81. The average Bonchev–Trinajstić information content (AvgIpc) is 2.31. The minimum atomic E-state index is 0.126. The molecular weight excluding hydrogens is 343 g/mol. The van der Waals surface area contributed by atoms with E-state index < -0.39 is 0 Å². The van der Waals surface area contributed by atoms with Crippen LogP contribution < -0.4 is 0 Å². The van der Waals surface area contributed by atoms with Gasteiger partial charge in [-0.1, -0.05) is 51.3 Å². The van der Waals surface area contributed by atoms with E-state index in [0.717, 1.165) is 26.7 Å². The highest BCUT2D eigenvalue weighted by Gasteiger charge is 2.15. The van der Waals surface area contributed by atoms with Crippen molar-refractivity contribution in [1.82, 2.24) is 0 Å². The zero-order valence-corrected chi connectivity index (χ0v) is 14.2. The lowest BCUT2D eigenvalue weighted by atomic mass is 9.97. The molecule has 0 aliphatic carbocycles. The Morgan fingerprint density at radius 1 is 0.895 bits per heavy atom. The molecule has 0 radical (unpaired) electrons. The zero-order chi connectivity index (χ0) is 14.2. The monoisotopic (exact) mass is 356 g/mol. The molecule has 2 aromatic rings. The minimum absolute atomic E-state index is 0.126. The average molecular weight is 358 g/mol. The summed E-state index contributed by atoms with van der Waals surface area (Å²) < 4.78 is 0. The minimum Gasteiger partial charge on any atom is -0.0843 e. The molecule has 0 saturated heterocycles. The molecule has 2 aromatic carbocycles. The maximum absolute atomic E-state index is 6.15. The van der Waals surface area contributed by atoms with Crippen molar-refractivity contribution >= 4 is 39.1 Å². The van der Waals surface area contributed by atoms with E-state index >= 15 is 0 Å². The van der Waals surface area contributed by atoms with Gasteiger partial charge in [-0.3, -0.25) is 0 Å². The summed E-state index contributed by atoms with van der Waals surface area (Å²) in [5, 5.41) is 1.58. The van der Waals surface area contributed by atoms with Crippen LogP contribution in [0.1, 0.15) is 32.6 Å². The second-order valence-corrected chi connectivity index (χ2v) is 6.64. The predicted molar refractivity (Wildman–Crippen MR) is 87.9 cm³/mol. The summed E-state index contributed by atoms with van der Waals surface area (Å²) in [6.45, 7) is 6.15. The Morgan fingerprint density at radius 3 is 2.21 bits per heavy atom. The van der Waals surface area contributed by atoms with E-state index in [4.69, 9.17) is 23.2 Å². The van der Waals surface area contributed by atoms with Crippen LogP contribution in [0.2, 0.25) is 10.0 Å². The number of alkyl halides is 1. The first-order valence-electron chi connectivity index (χ1n) is 6.06. The Hall–Kier alpha value is -0.500. The fraction of sp³-hybridized carbons (Fsp3) is 0.250. The largest absolute Gasteiger partial charge is 0.0843 e. The summed E-state index contributed by atoms with van der Waals surface area (Å²) in [5.74, 6) is 0. The molecule has 100 valence electrons. The van der Waals surface area contributed by atoms with E-state index in [2.05, 4.69) is 41.9 Å². The first-order valence-corrected chi connectivity index (χ1v) is 7.73. The highest BCUT2D eigenvalue weighted by Crippen LogP contribution is 2.36. The first kappa shape index (κ1) is 14.9. The third-order valence-electron chi connectivity index (χ3n) is 3.18. The molecule has 0 spiro atoms. The van der Waals surface area contributed by atoms with Crippen LogP contribution in [0.15, 0.2) is 30.3 Å². The normalized spacial score (nSPS) is 12.5. The van der Waals surface area contributed by atoms with Crippen molar-refractivity contribution in [3.63, 3.8) is 0 Å². The van der Waals surface area contributed by atoms with Crippen LogP contribution in [-0.4, -0.2) is 0 Å². The van der Waals surface area contributed by atoms with Gasteiger partial charge in [0.05, 0.1) is 4.83 Å². The maximum Gasteiger partial charge on any atom is 0.0647 e. The van der Waals surface area contributed by atoms with Gasteiger partial charge in [0.2, 0.25) is 0 Å². The fourth-order valence-corrected chi connectivity index (χ4v) is 3.44. The molecule has 0 aliphatic rings. The standard InChI is InChI=1S/C16H15BrCl2/c1-9-4-12(8-13(18)5-9)16(17)14-6-11(3)15(19)7-10(14)2/h4-8,16H,1-3H3. The maximum atomic E-state index is 6.15. The Kier molecular flexibility index (Phi) is 4.60. The third-order valence-corrected chi connectivity index (χ3v) is 4.82. The van der Waals surface area contributed by atoms with Gasteiger partial charge in [-0.25, -0.2) is 0 Å². The number of aryl methyl sites for hydroxylation is 3. The van der Waals surface area contributed by atoms with Crippen molar-refractivity contribution in [1.29, 1.82) is 0 Å². The molecule has 1 unspecified atom stereocenters. The van der Waals surface area contributed by atoms with Crippen LogP contribution in [0.4, 0.5) is 0 Å². The van der Waals surface area contributed by atoms with Crippen molar-refractivity contribution in [2.75, 3.05) is 0 Å². The smallest absolute Gasteiger partial charge is 0.0647 e. The molecule has 0 N–H and O–H groups in total. The summed E-state index contributed by atoms with van der Waals surface area (Å²) in [7, 11) is 0. The lowest BCUT2D eigenvalue weighted by Gasteiger charge is -2.16. The van der Waals surface area contributed by atoms with Gasteiger partial charge in [0.15, 0.2) is 0 Å². The van der Waals surface area contributed by atoms with Crippen LogP contribution in [0, 0.1) is 20.8 Å². The lowest BCUT2D eigenvalue weighted by molar-refractivity contribution is 1.13. The second kappa shape index (κ2) is 5.87. The van der Waals surface area contributed by atoms with Crippen molar-refractivity contribution in [3.05, 3.63) is 68.2 Å². The molecule has 0 aliphatic heterocycles. The second-order valence-electron chi connectivity index (χ2n) is 4.88. The van der Waals surface area contributed by atoms with E-state index in [1.54, 1.807) is 0 Å². The molecule has 0 saturated carbocycles. The van der Waals surface area contributed by atoms with E-state index in [9.17, 15) is 0 Å². The number of hydrogen-bond acceptors (Lipinski definition) is 0. The quantitative estimate of drug-likeness (QED) is 0.545. The van der Waals surface area contributed by atoms with Gasteiger partial charge in [-0.15, -0.1) is 0 Å². The molecular formula is C16H15BrCl2. The zero-order valence-electron chi connectivity index (χ0n) is 11.1. The van der Waals surface area contributed by atoms with Crippen LogP contribution in [0.5, 0.6) is 0 Å². The Morgan fingerprint density at radius 2 is 1.58 bits per heavy atom. The van der Waals surface area contributed by atoms with Crippen LogP contribution >= 0.6 is 39.1 Å². The fourth-order valence-electron chi connectivity index (χ4n) is 2.17. The first-order chi connectivity index (χ1) is 8.88. The Labute approximate surface area is 132 Å². The van der Waals surface area contributed by atoms with Gasteiger partial charge in [0, 0.05) is 10.0 Å². The molecule has 0 heterocycles. The summed E-state index contributed by atoms with van der Waals surface area (Å²) in [4.78, 5) is 0.126. The van der Waals surface area contributed by atoms with Crippen molar-refractivity contribution in [2.24, 2.45) is 0 Å². The Balaban J connectivity index is 2.49. The van der Waals surface area contributed by atoms with E-state index in [0.29, 0.717) is 0 Å². The van der Waals surface area contributed by atoms with Crippen LogP contribution in [0.25, 0.3) is 0 Å². The van der Waals surface area contributed by atoms with Crippen molar-refractivity contribution in [2.45, 2.75) is 25.6 Å². The summed E-state index contributed by atoms with van der Waals surface area (Å²) in [6, 6.07) is 10.3. The Bertz CT molecular complexity index is 600. The molecule has 0 nitrogen and oxygen atoms in total. The third kappa shape index (κ3) is 3.34. The molecule has 0 amide bonds. The van der Waals surface area contributed by atoms with E-state index in [1.165, 1.54) is 11.1 Å². The molecule has 3 heteroatoms. The van der Waals surface area contributed by atoms with E-state index in [1.807, 2.05) is 25.1 Å². The van der Waals surface area contributed by atoms with Gasteiger partial charge >= 0.3 is 0 Å². The van der Waals surface area contributed by atoms with Crippen LogP contribution in [0.3, 0.4) is 0 Å². The molecule has 0 fully saturated rings. The molecule has 2 rings (SSSR count). The van der Waals surface area contributed by atoms with Gasteiger partial charge in [0.1, 0.15) is 0 Å².